The predicted octanol–water partition coefficient (Wildman–Crippen LogP) is 2.38. The molecule has 0 N–H and O–H groups in total. The average molecular weight is 463 g/mol. The van der Waals surface area contributed by atoms with Crippen molar-refractivity contribution < 1.29 is 28.5 Å². The highest BCUT2D eigenvalue weighted by molar-refractivity contribution is 7.10. The summed E-state index contributed by atoms with van der Waals surface area (Å²) in [5, 5.41) is 2.04. The van der Waals surface area contributed by atoms with Gasteiger partial charge in [-0.05, 0) is 35.6 Å². The Balaban J connectivity index is 1.77. The minimum absolute atomic E-state index is 0.0316. The van der Waals surface area contributed by atoms with Crippen LogP contribution < -0.4 is 9.47 Å². The first-order chi connectivity index (χ1) is 15.6. The van der Waals surface area contributed by atoms with Gasteiger partial charge in [-0.3, -0.25) is 9.59 Å². The summed E-state index contributed by atoms with van der Waals surface area (Å²) in [4.78, 5) is 30.3. The Labute approximate surface area is 192 Å². The van der Waals surface area contributed by atoms with E-state index in [-0.39, 0.29) is 31.0 Å². The second-order valence-electron chi connectivity index (χ2n) is 7.36. The van der Waals surface area contributed by atoms with E-state index in [1.54, 1.807) is 25.6 Å². The molecule has 2 amide bonds. The van der Waals surface area contributed by atoms with E-state index in [4.69, 9.17) is 18.9 Å². The van der Waals surface area contributed by atoms with Crippen LogP contribution in [0.4, 0.5) is 0 Å². The molecule has 1 aliphatic rings. The number of fused-ring (bicyclic) bond motifs is 1. The molecule has 0 unspecified atom stereocenters. The number of amides is 2. The molecule has 0 bridgehead atoms. The zero-order valence-electron chi connectivity index (χ0n) is 18.7. The molecule has 0 fully saturated rings. The van der Waals surface area contributed by atoms with Gasteiger partial charge in [-0.25, -0.2) is 0 Å². The van der Waals surface area contributed by atoms with E-state index < -0.39 is 0 Å². The molecule has 8 nitrogen and oxygen atoms in total. The number of methoxy groups -OCH3 is 3. The number of carbonyl (C=O) groups excluding carboxylic acids is 2. The van der Waals surface area contributed by atoms with Gasteiger partial charge in [-0.2, -0.15) is 0 Å². The molecule has 32 heavy (non-hydrogen) atoms. The SMILES string of the molecule is COCCN(CC(=O)N1CCc2sccc2[C@@H]1COc1ccccc1OC)C(=O)COC. The van der Waals surface area contributed by atoms with Crippen LogP contribution in [0, 0.1) is 0 Å². The molecule has 0 radical (unpaired) electrons. The Kier molecular flexibility index (Phi) is 8.90. The highest BCUT2D eigenvalue weighted by Gasteiger charge is 2.33. The molecule has 174 valence electrons. The minimum Gasteiger partial charge on any atom is -0.493 e. The fraction of sp³-hybridized carbons (Fsp3) is 0.478. The summed E-state index contributed by atoms with van der Waals surface area (Å²) in [6.07, 6.45) is 0.786. The number of rotatable bonds is 11. The maximum Gasteiger partial charge on any atom is 0.249 e. The van der Waals surface area contributed by atoms with Gasteiger partial charge in [0.1, 0.15) is 13.2 Å². The first kappa shape index (κ1) is 24.0. The molecule has 2 heterocycles. The molecule has 9 heteroatoms. The Morgan fingerprint density at radius 3 is 2.62 bits per heavy atom. The van der Waals surface area contributed by atoms with E-state index in [9.17, 15) is 9.59 Å². The van der Waals surface area contributed by atoms with Gasteiger partial charge in [-0.1, -0.05) is 12.1 Å². The van der Waals surface area contributed by atoms with Crippen molar-refractivity contribution in [3.63, 3.8) is 0 Å². The largest absolute Gasteiger partial charge is 0.493 e. The highest BCUT2D eigenvalue weighted by atomic mass is 32.1. The van der Waals surface area contributed by atoms with Gasteiger partial charge in [0.15, 0.2) is 11.5 Å². The fourth-order valence-corrected chi connectivity index (χ4v) is 4.67. The average Bonchev–Trinajstić information content (AvgIpc) is 3.29. The van der Waals surface area contributed by atoms with Gasteiger partial charge in [0.2, 0.25) is 11.8 Å². The Morgan fingerprint density at radius 1 is 1.12 bits per heavy atom. The number of hydrogen-bond acceptors (Lipinski definition) is 7. The maximum absolute atomic E-state index is 13.3. The normalized spacial score (nSPS) is 15.2. The van der Waals surface area contributed by atoms with E-state index in [1.165, 1.54) is 16.9 Å². The quantitative estimate of drug-likeness (QED) is 0.510. The summed E-state index contributed by atoms with van der Waals surface area (Å²) in [6, 6.07) is 9.25. The number of para-hydroxylation sites is 2. The van der Waals surface area contributed by atoms with Gasteiger partial charge in [0.25, 0.3) is 0 Å². The number of ether oxygens (including phenoxy) is 4. The molecule has 2 aromatic rings. The molecule has 3 rings (SSSR count). The van der Waals surface area contributed by atoms with Crippen LogP contribution >= 0.6 is 11.3 Å². The summed E-state index contributed by atoms with van der Waals surface area (Å²) < 4.78 is 21.6. The summed E-state index contributed by atoms with van der Waals surface area (Å²) in [5.41, 5.74) is 1.09. The van der Waals surface area contributed by atoms with Crippen molar-refractivity contribution in [1.82, 2.24) is 9.80 Å². The third-order valence-electron chi connectivity index (χ3n) is 5.39. The number of thiophene rings is 1. The first-order valence-electron chi connectivity index (χ1n) is 10.5. The van der Waals surface area contributed by atoms with E-state index in [1.807, 2.05) is 34.5 Å². The van der Waals surface area contributed by atoms with Crippen LogP contribution in [0.3, 0.4) is 0 Å². The van der Waals surface area contributed by atoms with E-state index in [2.05, 4.69) is 6.07 Å². The Morgan fingerprint density at radius 2 is 1.91 bits per heavy atom. The van der Waals surface area contributed by atoms with Crippen LogP contribution in [0.25, 0.3) is 0 Å². The van der Waals surface area contributed by atoms with E-state index in [0.717, 1.165) is 12.0 Å². The number of benzene rings is 1. The standard InChI is InChI=1S/C23H30N2O6S/c1-28-12-11-24(23(27)16-29-2)14-22(26)25-10-8-21-17(9-13-32-21)18(25)15-31-20-7-5-4-6-19(20)30-3/h4-7,9,13,18H,8,10-12,14-16H2,1-3H3/t18-/m0/s1. The monoisotopic (exact) mass is 462 g/mol. The van der Waals surface area contributed by atoms with Gasteiger partial charge in [0.05, 0.1) is 26.3 Å². The van der Waals surface area contributed by atoms with Crippen molar-refractivity contribution >= 4 is 23.2 Å². The first-order valence-corrected chi connectivity index (χ1v) is 11.3. The molecular weight excluding hydrogens is 432 g/mol. The van der Waals surface area contributed by atoms with Crippen molar-refractivity contribution in [2.45, 2.75) is 12.5 Å². The van der Waals surface area contributed by atoms with Crippen molar-refractivity contribution in [1.29, 1.82) is 0 Å². The number of carbonyl (C=O) groups is 2. The van der Waals surface area contributed by atoms with E-state index >= 15 is 0 Å². The lowest BCUT2D eigenvalue weighted by Crippen LogP contribution is -2.49. The number of hydrogen-bond donors (Lipinski definition) is 0. The van der Waals surface area contributed by atoms with Crippen LogP contribution in [0.15, 0.2) is 35.7 Å². The highest BCUT2D eigenvalue weighted by Crippen LogP contribution is 2.35. The van der Waals surface area contributed by atoms with Crippen molar-refractivity contribution in [3.05, 3.63) is 46.2 Å². The second-order valence-corrected chi connectivity index (χ2v) is 8.36. The predicted molar refractivity (Wildman–Crippen MR) is 121 cm³/mol. The van der Waals surface area contributed by atoms with Crippen LogP contribution in [-0.4, -0.2) is 82.4 Å². The molecule has 0 saturated heterocycles. The molecule has 1 aliphatic heterocycles. The lowest BCUT2D eigenvalue weighted by molar-refractivity contribution is -0.145. The van der Waals surface area contributed by atoms with Crippen LogP contribution in [-0.2, 0) is 25.5 Å². The fourth-order valence-electron chi connectivity index (χ4n) is 3.74. The number of nitrogens with zero attached hydrogens (tertiary/aromatic N) is 2. The Hall–Kier alpha value is -2.62. The zero-order valence-corrected chi connectivity index (χ0v) is 19.6. The molecule has 0 aliphatic carbocycles. The molecular formula is C23H30N2O6S. The van der Waals surface area contributed by atoms with Gasteiger partial charge < -0.3 is 28.7 Å². The summed E-state index contributed by atoms with van der Waals surface area (Å²) in [7, 11) is 4.62. The molecule has 0 spiro atoms. The van der Waals surface area contributed by atoms with E-state index in [0.29, 0.717) is 37.8 Å². The van der Waals surface area contributed by atoms with Gasteiger partial charge in [0, 0.05) is 32.2 Å². The molecule has 1 aromatic heterocycles. The third-order valence-corrected chi connectivity index (χ3v) is 6.39. The topological polar surface area (TPSA) is 77.5 Å². The van der Waals surface area contributed by atoms with Gasteiger partial charge in [-0.15, -0.1) is 11.3 Å². The summed E-state index contributed by atoms with van der Waals surface area (Å²) in [6.45, 7) is 1.42. The third kappa shape index (κ3) is 5.79. The van der Waals surface area contributed by atoms with Crippen molar-refractivity contribution in [2.24, 2.45) is 0 Å². The molecule has 1 aromatic carbocycles. The van der Waals surface area contributed by atoms with Crippen LogP contribution in [0.5, 0.6) is 11.5 Å². The maximum atomic E-state index is 13.3. The lowest BCUT2D eigenvalue weighted by Gasteiger charge is -2.37. The molecule has 0 saturated carbocycles. The zero-order chi connectivity index (χ0) is 22.9. The summed E-state index contributed by atoms with van der Waals surface area (Å²) in [5.74, 6) is 0.897. The van der Waals surface area contributed by atoms with Gasteiger partial charge >= 0.3 is 0 Å². The lowest BCUT2D eigenvalue weighted by atomic mass is 10.0. The van der Waals surface area contributed by atoms with Crippen molar-refractivity contribution in [2.75, 3.05) is 60.8 Å². The van der Waals surface area contributed by atoms with Crippen molar-refractivity contribution in [3.8, 4) is 11.5 Å². The minimum atomic E-state index is -0.246. The smallest absolute Gasteiger partial charge is 0.249 e. The molecule has 1 atom stereocenters. The van der Waals surface area contributed by atoms with Crippen LogP contribution in [0.1, 0.15) is 16.5 Å². The van der Waals surface area contributed by atoms with Crippen LogP contribution in [0.2, 0.25) is 0 Å². The second kappa shape index (κ2) is 11.8. The summed E-state index contributed by atoms with van der Waals surface area (Å²) >= 11 is 1.69. The Bertz CT molecular complexity index is 902.